The van der Waals surface area contributed by atoms with Crippen molar-refractivity contribution in [3.63, 3.8) is 0 Å². The fraction of sp³-hybridized carbons (Fsp3) is 0.375. The van der Waals surface area contributed by atoms with Crippen molar-refractivity contribution in [2.24, 2.45) is 0 Å². The first-order valence-electron chi connectivity index (χ1n) is 4.30. The second-order valence-electron chi connectivity index (χ2n) is 2.91. The molecule has 6 nitrogen and oxygen atoms in total. The van der Waals surface area contributed by atoms with Crippen LogP contribution in [-0.2, 0) is 13.1 Å². The van der Waals surface area contributed by atoms with E-state index >= 15 is 0 Å². The summed E-state index contributed by atoms with van der Waals surface area (Å²) in [7, 11) is 1.87. The number of nitrogens with zero attached hydrogens (tertiary/aromatic N) is 4. The molecule has 2 rings (SSSR count). The van der Waals surface area contributed by atoms with E-state index in [1.54, 1.807) is 11.0 Å². The molecule has 74 valence electrons. The summed E-state index contributed by atoms with van der Waals surface area (Å²) in [5, 5.41) is 10.9. The molecule has 6 heteroatoms. The fourth-order valence-electron chi connectivity index (χ4n) is 1.17. The van der Waals surface area contributed by atoms with Crippen LogP contribution in [0, 0.1) is 0 Å². The van der Waals surface area contributed by atoms with Gasteiger partial charge in [0.1, 0.15) is 19.2 Å². The van der Waals surface area contributed by atoms with Crippen molar-refractivity contribution in [1.29, 1.82) is 0 Å². The van der Waals surface area contributed by atoms with Crippen LogP contribution in [0.25, 0.3) is 0 Å². The van der Waals surface area contributed by atoms with E-state index in [0.29, 0.717) is 13.1 Å². The van der Waals surface area contributed by atoms with E-state index in [4.69, 9.17) is 4.52 Å². The van der Waals surface area contributed by atoms with Gasteiger partial charge in [0.25, 0.3) is 0 Å². The molecule has 0 radical (unpaired) electrons. The molecule has 1 N–H and O–H groups in total. The Hall–Kier alpha value is -1.69. The minimum absolute atomic E-state index is 0.566. The Bertz CT molecular complexity index is 380. The van der Waals surface area contributed by atoms with E-state index in [9.17, 15) is 0 Å². The first-order chi connectivity index (χ1) is 6.88. The summed E-state index contributed by atoms with van der Waals surface area (Å²) >= 11 is 0. The number of aromatic nitrogens is 4. The molecule has 0 aliphatic heterocycles. The van der Waals surface area contributed by atoms with Gasteiger partial charge in [-0.3, -0.25) is 0 Å². The quantitative estimate of drug-likeness (QED) is 0.742. The zero-order chi connectivity index (χ0) is 9.80. The molecule has 0 saturated carbocycles. The van der Waals surface area contributed by atoms with Crippen LogP contribution < -0.4 is 5.32 Å². The molecule has 0 spiro atoms. The van der Waals surface area contributed by atoms with E-state index in [1.807, 2.05) is 13.1 Å². The largest absolute Gasteiger partial charge is 0.359 e. The van der Waals surface area contributed by atoms with Gasteiger partial charge in [-0.1, -0.05) is 5.16 Å². The van der Waals surface area contributed by atoms with Crippen molar-refractivity contribution in [2.75, 3.05) is 7.05 Å². The molecular formula is C8H11N5O. The Morgan fingerprint density at radius 1 is 1.57 bits per heavy atom. The molecule has 0 bridgehead atoms. The second kappa shape index (κ2) is 4.01. The molecule has 0 fully saturated rings. The number of hydrogen-bond donors (Lipinski definition) is 1. The Morgan fingerprint density at radius 3 is 3.21 bits per heavy atom. The summed E-state index contributed by atoms with van der Waals surface area (Å²) < 4.78 is 6.80. The molecule has 2 aromatic rings. The highest BCUT2D eigenvalue weighted by Crippen LogP contribution is 2.04. The molecule has 0 atom stereocenters. The summed E-state index contributed by atoms with van der Waals surface area (Å²) in [5.74, 6) is 0.778. The van der Waals surface area contributed by atoms with Crippen LogP contribution in [0.4, 0.5) is 0 Å². The Kier molecular flexibility index (Phi) is 2.55. The van der Waals surface area contributed by atoms with Crippen LogP contribution in [0.2, 0.25) is 0 Å². The Balaban J connectivity index is 2.03. The van der Waals surface area contributed by atoms with Gasteiger partial charge in [-0.25, -0.2) is 9.67 Å². The zero-order valence-electron chi connectivity index (χ0n) is 7.84. The third-order valence-electron chi connectivity index (χ3n) is 1.75. The van der Waals surface area contributed by atoms with Crippen LogP contribution in [0.5, 0.6) is 0 Å². The van der Waals surface area contributed by atoms with Crippen molar-refractivity contribution in [3.8, 4) is 0 Å². The molecule has 0 saturated heterocycles. The summed E-state index contributed by atoms with van der Waals surface area (Å²) in [5.41, 5.74) is 0.891. The minimum atomic E-state index is 0.566. The summed E-state index contributed by atoms with van der Waals surface area (Å²) in [6.07, 6.45) is 3.13. The lowest BCUT2D eigenvalue weighted by atomic mass is 10.3. The van der Waals surface area contributed by atoms with E-state index in [-0.39, 0.29) is 0 Å². The monoisotopic (exact) mass is 193 g/mol. The van der Waals surface area contributed by atoms with Crippen molar-refractivity contribution >= 4 is 0 Å². The van der Waals surface area contributed by atoms with Gasteiger partial charge in [0.05, 0.1) is 5.69 Å². The van der Waals surface area contributed by atoms with Crippen molar-refractivity contribution in [3.05, 3.63) is 30.2 Å². The third kappa shape index (κ3) is 1.97. The molecule has 14 heavy (non-hydrogen) atoms. The van der Waals surface area contributed by atoms with E-state index in [1.165, 1.54) is 6.33 Å². The summed E-state index contributed by atoms with van der Waals surface area (Å²) in [6, 6.07) is 1.90. The fourth-order valence-corrected chi connectivity index (χ4v) is 1.17. The molecule has 0 aromatic carbocycles. The van der Waals surface area contributed by atoms with Crippen LogP contribution in [0.3, 0.4) is 0 Å². The number of rotatable bonds is 4. The van der Waals surface area contributed by atoms with Gasteiger partial charge >= 0.3 is 0 Å². The van der Waals surface area contributed by atoms with Gasteiger partial charge in [-0.2, -0.15) is 5.10 Å². The van der Waals surface area contributed by atoms with Crippen LogP contribution >= 0.6 is 0 Å². The van der Waals surface area contributed by atoms with Gasteiger partial charge in [0.15, 0.2) is 5.76 Å². The highest BCUT2D eigenvalue weighted by Gasteiger charge is 2.03. The lowest BCUT2D eigenvalue weighted by molar-refractivity contribution is 0.365. The van der Waals surface area contributed by atoms with Gasteiger partial charge in [0.2, 0.25) is 0 Å². The zero-order valence-corrected chi connectivity index (χ0v) is 7.84. The molecular weight excluding hydrogens is 182 g/mol. The lowest BCUT2D eigenvalue weighted by Crippen LogP contribution is -2.04. The van der Waals surface area contributed by atoms with Crippen LogP contribution in [-0.4, -0.2) is 27.0 Å². The first kappa shape index (κ1) is 8.89. The van der Waals surface area contributed by atoms with Gasteiger partial charge < -0.3 is 9.84 Å². The molecule has 0 unspecified atom stereocenters. The first-order valence-corrected chi connectivity index (χ1v) is 4.30. The SMILES string of the molecule is CNCc1cc(Cn2cncn2)on1. The maximum absolute atomic E-state index is 5.11. The third-order valence-corrected chi connectivity index (χ3v) is 1.75. The maximum atomic E-state index is 5.11. The Morgan fingerprint density at radius 2 is 2.50 bits per heavy atom. The van der Waals surface area contributed by atoms with Crippen molar-refractivity contribution in [1.82, 2.24) is 25.2 Å². The highest BCUT2D eigenvalue weighted by molar-refractivity contribution is 5.05. The summed E-state index contributed by atoms with van der Waals surface area (Å²) in [4.78, 5) is 3.84. The Labute approximate surface area is 80.9 Å². The normalized spacial score (nSPS) is 10.6. The molecule has 0 aliphatic rings. The van der Waals surface area contributed by atoms with E-state index in [0.717, 1.165) is 11.5 Å². The number of hydrogen-bond acceptors (Lipinski definition) is 5. The maximum Gasteiger partial charge on any atom is 0.158 e. The molecule has 2 heterocycles. The summed E-state index contributed by atoms with van der Waals surface area (Å²) in [6.45, 7) is 1.28. The second-order valence-corrected chi connectivity index (χ2v) is 2.91. The van der Waals surface area contributed by atoms with Crippen molar-refractivity contribution < 1.29 is 4.52 Å². The lowest BCUT2D eigenvalue weighted by Gasteiger charge is -1.92. The van der Waals surface area contributed by atoms with Gasteiger partial charge in [-0.05, 0) is 7.05 Å². The minimum Gasteiger partial charge on any atom is -0.359 e. The average molecular weight is 193 g/mol. The topological polar surface area (TPSA) is 68.8 Å². The van der Waals surface area contributed by atoms with Gasteiger partial charge in [0, 0.05) is 12.6 Å². The molecule has 2 aromatic heterocycles. The van der Waals surface area contributed by atoms with E-state index < -0.39 is 0 Å². The molecule has 0 amide bonds. The van der Waals surface area contributed by atoms with Crippen LogP contribution in [0.15, 0.2) is 23.2 Å². The average Bonchev–Trinajstić information content (AvgIpc) is 2.79. The standard InChI is InChI=1S/C8H11N5O/c1-9-3-7-2-8(14-12-7)4-13-6-10-5-11-13/h2,5-6,9H,3-4H2,1H3. The molecule has 0 aliphatic carbocycles. The van der Waals surface area contributed by atoms with Crippen LogP contribution in [0.1, 0.15) is 11.5 Å². The van der Waals surface area contributed by atoms with Crippen molar-refractivity contribution in [2.45, 2.75) is 13.1 Å². The number of nitrogens with one attached hydrogen (secondary N) is 1. The predicted octanol–water partition coefficient (Wildman–Crippen LogP) is 0.0338. The highest BCUT2D eigenvalue weighted by atomic mass is 16.5. The van der Waals surface area contributed by atoms with Gasteiger partial charge in [-0.15, -0.1) is 0 Å². The smallest absolute Gasteiger partial charge is 0.158 e. The van der Waals surface area contributed by atoms with E-state index in [2.05, 4.69) is 20.6 Å². The predicted molar refractivity (Wildman–Crippen MR) is 48.4 cm³/mol.